The van der Waals surface area contributed by atoms with Crippen LogP contribution in [0.1, 0.15) is 31.7 Å². The van der Waals surface area contributed by atoms with E-state index in [0.717, 1.165) is 6.54 Å². The van der Waals surface area contributed by atoms with Gasteiger partial charge in [0.15, 0.2) is 0 Å². The summed E-state index contributed by atoms with van der Waals surface area (Å²) in [6, 6.07) is 9.48. The van der Waals surface area contributed by atoms with E-state index >= 15 is 0 Å². The van der Waals surface area contributed by atoms with E-state index in [1.54, 1.807) is 0 Å². The summed E-state index contributed by atoms with van der Waals surface area (Å²) in [6.45, 7) is 6.96. The largest absolute Gasteiger partial charge is 0.313 e. The van der Waals surface area contributed by atoms with Crippen molar-refractivity contribution in [2.75, 3.05) is 19.6 Å². The van der Waals surface area contributed by atoms with E-state index in [9.17, 15) is 0 Å². The van der Waals surface area contributed by atoms with Crippen molar-refractivity contribution in [3.05, 3.63) is 35.2 Å². The van der Waals surface area contributed by atoms with Gasteiger partial charge in [0, 0.05) is 23.8 Å². The van der Waals surface area contributed by atoms with Gasteiger partial charge in [0.2, 0.25) is 0 Å². The summed E-state index contributed by atoms with van der Waals surface area (Å²) in [5.41, 5.74) is 1.50. The highest BCUT2D eigenvalue weighted by Gasteiger charge is 2.18. The average molecular weight is 288 g/mol. The lowest BCUT2D eigenvalue weighted by molar-refractivity contribution is 0.242. The number of hydrogen-bond donors (Lipinski definition) is 1. The third-order valence-corrected chi connectivity index (χ3v) is 5.15. The molecule has 1 atom stereocenters. The molecular weight excluding hydrogens is 264 g/mol. The zero-order valence-corrected chi connectivity index (χ0v) is 13.1. The second-order valence-corrected chi connectivity index (χ2v) is 6.70. The van der Waals surface area contributed by atoms with E-state index in [1.807, 2.05) is 11.3 Å². The van der Waals surface area contributed by atoms with Crippen LogP contribution in [0.3, 0.4) is 0 Å². The van der Waals surface area contributed by atoms with Gasteiger partial charge in [0.1, 0.15) is 0 Å². The number of rotatable bonds is 6. The van der Waals surface area contributed by atoms with Crippen LogP contribution in [0.4, 0.5) is 0 Å². The third-order valence-electron chi connectivity index (χ3n) is 4.14. The summed E-state index contributed by atoms with van der Waals surface area (Å²) in [7, 11) is 0. The highest BCUT2D eigenvalue weighted by atomic mass is 32.1. The number of benzene rings is 1. The van der Waals surface area contributed by atoms with E-state index in [2.05, 4.69) is 46.8 Å². The summed E-state index contributed by atoms with van der Waals surface area (Å²) in [4.78, 5) is 2.62. The Kier molecular flexibility index (Phi) is 4.71. The summed E-state index contributed by atoms with van der Waals surface area (Å²) < 4.78 is 1.41. The number of thiophene rings is 1. The smallest absolute Gasteiger partial charge is 0.0346 e. The molecule has 0 radical (unpaired) electrons. The van der Waals surface area contributed by atoms with E-state index < -0.39 is 0 Å². The van der Waals surface area contributed by atoms with Gasteiger partial charge in [-0.25, -0.2) is 0 Å². The summed E-state index contributed by atoms with van der Waals surface area (Å²) in [6.07, 6.45) is 3.91. The van der Waals surface area contributed by atoms with Crippen molar-refractivity contribution < 1.29 is 0 Å². The summed E-state index contributed by atoms with van der Waals surface area (Å²) in [5.74, 6) is 0. The van der Waals surface area contributed by atoms with Crippen molar-refractivity contribution in [2.24, 2.45) is 0 Å². The Balaban J connectivity index is 1.71. The van der Waals surface area contributed by atoms with Gasteiger partial charge >= 0.3 is 0 Å². The minimum atomic E-state index is 0.700. The Bertz CT molecular complexity index is 543. The van der Waals surface area contributed by atoms with E-state index in [-0.39, 0.29) is 0 Å². The molecule has 0 spiro atoms. The van der Waals surface area contributed by atoms with Gasteiger partial charge in [-0.1, -0.05) is 25.1 Å². The lowest BCUT2D eigenvalue weighted by atomic mass is 10.1. The molecule has 2 aromatic rings. The zero-order valence-electron chi connectivity index (χ0n) is 12.3. The summed E-state index contributed by atoms with van der Waals surface area (Å²) in [5, 5.41) is 7.41. The molecule has 2 nitrogen and oxygen atoms in total. The van der Waals surface area contributed by atoms with Crippen LogP contribution in [0, 0.1) is 0 Å². The number of nitrogens with zero attached hydrogens (tertiary/aromatic N) is 1. The number of nitrogens with one attached hydrogen (secondary N) is 1. The molecule has 1 saturated heterocycles. The fraction of sp³-hybridized carbons (Fsp3) is 0.529. The summed E-state index contributed by atoms with van der Waals surface area (Å²) >= 11 is 1.87. The van der Waals surface area contributed by atoms with Gasteiger partial charge in [0.25, 0.3) is 0 Å². The molecule has 108 valence electrons. The molecule has 1 unspecified atom stereocenters. The fourth-order valence-electron chi connectivity index (χ4n) is 3.17. The molecule has 0 bridgehead atoms. The Morgan fingerprint density at radius 2 is 2.25 bits per heavy atom. The maximum absolute atomic E-state index is 3.62. The zero-order chi connectivity index (χ0) is 13.8. The van der Waals surface area contributed by atoms with Crippen molar-refractivity contribution in [3.63, 3.8) is 0 Å². The molecule has 1 aliphatic heterocycles. The van der Waals surface area contributed by atoms with Crippen LogP contribution in [-0.4, -0.2) is 30.6 Å². The lowest BCUT2D eigenvalue weighted by Crippen LogP contribution is -2.37. The van der Waals surface area contributed by atoms with Crippen LogP contribution in [0.15, 0.2) is 29.6 Å². The molecule has 20 heavy (non-hydrogen) atoms. The van der Waals surface area contributed by atoms with Gasteiger partial charge in [-0.15, -0.1) is 11.3 Å². The van der Waals surface area contributed by atoms with Gasteiger partial charge in [0.05, 0.1) is 0 Å². The molecule has 1 aliphatic rings. The van der Waals surface area contributed by atoms with Crippen LogP contribution in [0.25, 0.3) is 10.1 Å². The maximum Gasteiger partial charge on any atom is 0.0346 e. The topological polar surface area (TPSA) is 15.3 Å². The van der Waals surface area contributed by atoms with E-state index in [4.69, 9.17) is 0 Å². The normalized spacial score (nSPS) is 19.2. The minimum absolute atomic E-state index is 0.700. The van der Waals surface area contributed by atoms with Crippen LogP contribution < -0.4 is 5.32 Å². The predicted octanol–water partition coefficient (Wildman–Crippen LogP) is 3.87. The monoisotopic (exact) mass is 288 g/mol. The molecule has 1 aromatic heterocycles. The van der Waals surface area contributed by atoms with Crippen molar-refractivity contribution in [3.8, 4) is 0 Å². The van der Waals surface area contributed by atoms with E-state index in [0.29, 0.717) is 6.04 Å². The Morgan fingerprint density at radius 3 is 3.05 bits per heavy atom. The van der Waals surface area contributed by atoms with Crippen molar-refractivity contribution in [2.45, 2.75) is 38.8 Å². The molecule has 1 fully saturated rings. The van der Waals surface area contributed by atoms with Crippen LogP contribution in [0.2, 0.25) is 0 Å². The van der Waals surface area contributed by atoms with Crippen LogP contribution in [-0.2, 0) is 6.54 Å². The molecule has 1 N–H and O–H groups in total. The first-order chi connectivity index (χ1) is 9.86. The van der Waals surface area contributed by atoms with Crippen molar-refractivity contribution in [1.29, 1.82) is 0 Å². The second-order valence-electron chi connectivity index (χ2n) is 5.79. The molecule has 3 heteroatoms. The maximum atomic E-state index is 3.62. The molecule has 1 aromatic carbocycles. The number of hydrogen-bond acceptors (Lipinski definition) is 3. The van der Waals surface area contributed by atoms with Gasteiger partial charge in [-0.05, 0) is 54.7 Å². The van der Waals surface area contributed by atoms with Crippen molar-refractivity contribution >= 4 is 21.4 Å². The van der Waals surface area contributed by atoms with Crippen LogP contribution >= 0.6 is 11.3 Å². The quantitative estimate of drug-likeness (QED) is 0.868. The highest BCUT2D eigenvalue weighted by molar-refractivity contribution is 7.17. The Hall–Kier alpha value is -0.900. The SMILES string of the molecule is CCCN(Cc1csc2ccccc12)CC1CCCN1. The standard InChI is InChI=1S/C17H24N2S/c1-2-10-19(12-15-6-5-9-18-15)11-14-13-20-17-8-4-3-7-16(14)17/h3-4,7-8,13,15,18H,2,5-6,9-12H2,1H3. The molecule has 0 aliphatic carbocycles. The molecule has 0 amide bonds. The van der Waals surface area contributed by atoms with Gasteiger partial charge in [-0.3, -0.25) is 4.90 Å². The first-order valence-electron chi connectivity index (χ1n) is 7.77. The fourth-order valence-corrected chi connectivity index (χ4v) is 4.13. The van der Waals surface area contributed by atoms with Gasteiger partial charge < -0.3 is 5.32 Å². The number of fused-ring (bicyclic) bond motifs is 1. The first kappa shape index (κ1) is 14.1. The molecule has 0 saturated carbocycles. The predicted molar refractivity (Wildman–Crippen MR) is 88.4 cm³/mol. The Morgan fingerprint density at radius 1 is 1.35 bits per heavy atom. The minimum Gasteiger partial charge on any atom is -0.313 e. The van der Waals surface area contributed by atoms with E-state index in [1.165, 1.54) is 54.5 Å². The Labute approximate surface area is 125 Å². The van der Waals surface area contributed by atoms with Crippen molar-refractivity contribution in [1.82, 2.24) is 10.2 Å². The first-order valence-corrected chi connectivity index (χ1v) is 8.65. The van der Waals surface area contributed by atoms with Crippen LogP contribution in [0.5, 0.6) is 0 Å². The van der Waals surface area contributed by atoms with Gasteiger partial charge in [-0.2, -0.15) is 0 Å². The molecule has 2 heterocycles. The average Bonchev–Trinajstić information content (AvgIpc) is 3.10. The highest BCUT2D eigenvalue weighted by Crippen LogP contribution is 2.27. The molecule has 3 rings (SSSR count). The lowest BCUT2D eigenvalue weighted by Gasteiger charge is -2.25. The third kappa shape index (κ3) is 3.22. The molecular formula is C17H24N2S. The second kappa shape index (κ2) is 6.70.